The van der Waals surface area contributed by atoms with Crippen LogP contribution in [-0.2, 0) is 6.54 Å². The van der Waals surface area contributed by atoms with E-state index in [0.29, 0.717) is 12.4 Å². The average Bonchev–Trinajstić information content (AvgIpc) is 2.40. The lowest BCUT2D eigenvalue weighted by Crippen LogP contribution is -2.07. The Kier molecular flexibility index (Phi) is 6.36. The van der Waals surface area contributed by atoms with Crippen molar-refractivity contribution in [3.8, 4) is 17.2 Å². The molecule has 0 fully saturated rings. The maximum atomic E-state index is 5.75. The van der Waals surface area contributed by atoms with Crippen molar-refractivity contribution in [2.24, 2.45) is 0 Å². The molecule has 0 heterocycles. The summed E-state index contributed by atoms with van der Waals surface area (Å²) in [5, 5.41) is 3.11. The topological polar surface area (TPSA) is 39.7 Å². The monoisotopic (exact) mass is 253 g/mol. The highest BCUT2D eigenvalue weighted by Gasteiger charge is 2.13. The van der Waals surface area contributed by atoms with Gasteiger partial charge in [-0.2, -0.15) is 0 Å². The number of methoxy groups -OCH3 is 2. The van der Waals surface area contributed by atoms with E-state index in [1.807, 2.05) is 19.2 Å². The lowest BCUT2D eigenvalue weighted by molar-refractivity contribution is 0.269. The molecule has 0 unspecified atom stereocenters. The van der Waals surface area contributed by atoms with Gasteiger partial charge in [0.2, 0.25) is 5.75 Å². The number of nitrogens with one attached hydrogen (secondary N) is 1. The molecule has 1 rings (SSSR count). The zero-order valence-corrected chi connectivity index (χ0v) is 11.7. The summed E-state index contributed by atoms with van der Waals surface area (Å²) in [5.41, 5.74) is 1.11. The minimum Gasteiger partial charge on any atom is -0.493 e. The van der Waals surface area contributed by atoms with Gasteiger partial charge >= 0.3 is 0 Å². The second-order valence-corrected chi connectivity index (χ2v) is 4.06. The Morgan fingerprint density at radius 1 is 1.11 bits per heavy atom. The van der Waals surface area contributed by atoms with E-state index >= 15 is 0 Å². The summed E-state index contributed by atoms with van der Waals surface area (Å²) in [6.45, 7) is 3.57. The lowest BCUT2D eigenvalue weighted by atomic mass is 10.2. The summed E-state index contributed by atoms with van der Waals surface area (Å²) in [6, 6.07) is 3.95. The minimum absolute atomic E-state index is 0.675. The molecule has 0 atom stereocenters. The zero-order chi connectivity index (χ0) is 13.4. The molecule has 0 spiro atoms. The van der Waals surface area contributed by atoms with Crippen molar-refractivity contribution in [3.05, 3.63) is 17.7 Å². The van der Waals surface area contributed by atoms with Crippen LogP contribution in [0.5, 0.6) is 17.2 Å². The normalized spacial score (nSPS) is 10.2. The van der Waals surface area contributed by atoms with Crippen LogP contribution < -0.4 is 19.5 Å². The van der Waals surface area contributed by atoms with Crippen molar-refractivity contribution in [1.29, 1.82) is 0 Å². The van der Waals surface area contributed by atoms with Crippen molar-refractivity contribution in [1.82, 2.24) is 5.32 Å². The van der Waals surface area contributed by atoms with Crippen LogP contribution in [-0.4, -0.2) is 27.9 Å². The summed E-state index contributed by atoms with van der Waals surface area (Å²) in [6.07, 6.45) is 2.12. The molecule has 1 aromatic carbocycles. The van der Waals surface area contributed by atoms with E-state index in [4.69, 9.17) is 14.2 Å². The summed E-state index contributed by atoms with van der Waals surface area (Å²) in [4.78, 5) is 0. The first kappa shape index (κ1) is 14.6. The molecule has 102 valence electrons. The molecule has 0 bridgehead atoms. The molecular formula is C14H23NO3. The molecular weight excluding hydrogens is 230 g/mol. The van der Waals surface area contributed by atoms with Crippen LogP contribution >= 0.6 is 0 Å². The molecule has 0 aliphatic rings. The molecule has 0 radical (unpaired) electrons. The number of hydrogen-bond acceptors (Lipinski definition) is 4. The maximum absolute atomic E-state index is 5.75. The van der Waals surface area contributed by atoms with Crippen LogP contribution in [0.2, 0.25) is 0 Å². The highest BCUT2D eigenvalue weighted by atomic mass is 16.5. The summed E-state index contributed by atoms with van der Waals surface area (Å²) in [5.74, 6) is 2.12. The van der Waals surface area contributed by atoms with Crippen molar-refractivity contribution < 1.29 is 14.2 Å². The molecule has 0 aliphatic carbocycles. The third kappa shape index (κ3) is 3.81. The zero-order valence-electron chi connectivity index (χ0n) is 11.7. The molecule has 4 heteroatoms. The fourth-order valence-electron chi connectivity index (χ4n) is 1.70. The van der Waals surface area contributed by atoms with Gasteiger partial charge in [0, 0.05) is 6.54 Å². The van der Waals surface area contributed by atoms with E-state index in [0.717, 1.165) is 36.4 Å². The second kappa shape index (κ2) is 7.82. The molecule has 4 nitrogen and oxygen atoms in total. The Morgan fingerprint density at radius 2 is 1.72 bits per heavy atom. The van der Waals surface area contributed by atoms with Gasteiger partial charge in [-0.15, -0.1) is 0 Å². The number of benzene rings is 1. The maximum Gasteiger partial charge on any atom is 0.203 e. The first-order valence-electron chi connectivity index (χ1n) is 6.29. The molecule has 1 aromatic rings. The number of hydrogen-bond donors (Lipinski definition) is 1. The van der Waals surface area contributed by atoms with Gasteiger partial charge in [0.1, 0.15) is 0 Å². The Morgan fingerprint density at radius 3 is 2.17 bits per heavy atom. The summed E-state index contributed by atoms with van der Waals surface area (Å²) in [7, 11) is 5.19. The van der Waals surface area contributed by atoms with Crippen molar-refractivity contribution in [2.45, 2.75) is 26.3 Å². The van der Waals surface area contributed by atoms with Crippen LogP contribution in [0.3, 0.4) is 0 Å². The van der Waals surface area contributed by atoms with Gasteiger partial charge in [-0.1, -0.05) is 13.3 Å². The van der Waals surface area contributed by atoms with E-state index in [1.54, 1.807) is 14.2 Å². The SMILES string of the molecule is CCCCOc1c(OC)cc(CNC)cc1OC. The van der Waals surface area contributed by atoms with E-state index in [-0.39, 0.29) is 0 Å². The predicted octanol–water partition coefficient (Wildman–Crippen LogP) is 2.60. The lowest BCUT2D eigenvalue weighted by Gasteiger charge is -2.16. The van der Waals surface area contributed by atoms with Gasteiger partial charge < -0.3 is 19.5 Å². The van der Waals surface area contributed by atoms with Crippen molar-refractivity contribution in [3.63, 3.8) is 0 Å². The van der Waals surface area contributed by atoms with Gasteiger partial charge in [-0.3, -0.25) is 0 Å². The fraction of sp³-hybridized carbons (Fsp3) is 0.571. The van der Waals surface area contributed by atoms with Gasteiger partial charge in [0.05, 0.1) is 20.8 Å². The number of rotatable bonds is 8. The smallest absolute Gasteiger partial charge is 0.203 e. The Bertz CT molecular complexity index is 341. The molecule has 18 heavy (non-hydrogen) atoms. The highest BCUT2D eigenvalue weighted by Crippen LogP contribution is 2.38. The summed E-state index contributed by atoms with van der Waals surface area (Å²) >= 11 is 0. The van der Waals surface area contributed by atoms with Gasteiger partial charge in [-0.05, 0) is 31.2 Å². The molecule has 1 N–H and O–H groups in total. The van der Waals surface area contributed by atoms with E-state index < -0.39 is 0 Å². The van der Waals surface area contributed by atoms with Crippen molar-refractivity contribution >= 4 is 0 Å². The first-order chi connectivity index (χ1) is 8.76. The van der Waals surface area contributed by atoms with Crippen molar-refractivity contribution in [2.75, 3.05) is 27.9 Å². The standard InChI is InChI=1S/C14H23NO3/c1-5-6-7-18-14-12(16-3)8-11(10-15-2)9-13(14)17-4/h8-9,15H,5-7,10H2,1-4H3. The second-order valence-electron chi connectivity index (χ2n) is 4.06. The Labute approximate surface area is 109 Å². The average molecular weight is 253 g/mol. The third-order valence-electron chi connectivity index (χ3n) is 2.65. The predicted molar refractivity (Wildman–Crippen MR) is 72.7 cm³/mol. The third-order valence-corrected chi connectivity index (χ3v) is 2.65. The van der Waals surface area contributed by atoms with Gasteiger partial charge in [0.25, 0.3) is 0 Å². The van der Waals surface area contributed by atoms with Crippen LogP contribution in [0, 0.1) is 0 Å². The van der Waals surface area contributed by atoms with E-state index in [9.17, 15) is 0 Å². The number of unbranched alkanes of at least 4 members (excludes halogenated alkanes) is 1. The van der Waals surface area contributed by atoms with Crippen LogP contribution in [0.1, 0.15) is 25.3 Å². The van der Waals surface area contributed by atoms with Crippen LogP contribution in [0.4, 0.5) is 0 Å². The fourth-order valence-corrected chi connectivity index (χ4v) is 1.70. The molecule has 0 aromatic heterocycles. The van der Waals surface area contributed by atoms with E-state index in [1.165, 1.54) is 0 Å². The quantitative estimate of drug-likeness (QED) is 0.723. The first-order valence-corrected chi connectivity index (χ1v) is 6.29. The molecule has 0 aliphatic heterocycles. The van der Waals surface area contributed by atoms with Crippen LogP contribution in [0.25, 0.3) is 0 Å². The Balaban J connectivity index is 2.97. The summed E-state index contributed by atoms with van der Waals surface area (Å²) < 4.78 is 16.5. The molecule has 0 saturated carbocycles. The Hall–Kier alpha value is -1.42. The van der Waals surface area contributed by atoms with E-state index in [2.05, 4.69) is 12.2 Å². The minimum atomic E-state index is 0.675. The van der Waals surface area contributed by atoms with Crippen LogP contribution in [0.15, 0.2) is 12.1 Å². The molecule has 0 saturated heterocycles. The molecule has 0 amide bonds. The highest BCUT2D eigenvalue weighted by molar-refractivity contribution is 5.53. The largest absolute Gasteiger partial charge is 0.493 e. The van der Waals surface area contributed by atoms with Gasteiger partial charge in [-0.25, -0.2) is 0 Å². The van der Waals surface area contributed by atoms with Gasteiger partial charge in [0.15, 0.2) is 11.5 Å². The number of ether oxygens (including phenoxy) is 3.